The van der Waals surface area contributed by atoms with Crippen LogP contribution < -0.4 is 10.9 Å². The zero-order valence-electron chi connectivity index (χ0n) is 14.1. The van der Waals surface area contributed by atoms with E-state index < -0.39 is 6.10 Å². The predicted molar refractivity (Wildman–Crippen MR) is 96.5 cm³/mol. The Morgan fingerprint density at radius 1 is 1.38 bits per heavy atom. The molecule has 2 rings (SSSR count). The maximum Gasteiger partial charge on any atom is 0.262 e. The van der Waals surface area contributed by atoms with Crippen LogP contribution >= 0.6 is 12.2 Å². The van der Waals surface area contributed by atoms with Crippen LogP contribution in [0, 0.1) is 10.2 Å². The summed E-state index contributed by atoms with van der Waals surface area (Å²) < 4.78 is 1.68. The van der Waals surface area contributed by atoms with Crippen LogP contribution in [0.25, 0.3) is 10.9 Å². The molecule has 1 heterocycles. The van der Waals surface area contributed by atoms with Gasteiger partial charge in [0.2, 0.25) is 5.91 Å². The van der Waals surface area contributed by atoms with E-state index in [0.717, 1.165) is 0 Å². The number of carbonyl (C=O) groups is 1. The molecule has 0 aliphatic heterocycles. The summed E-state index contributed by atoms with van der Waals surface area (Å²) in [5.41, 5.74) is 0.170. The number of H-pyrrole nitrogens is 1. The number of amides is 1. The van der Waals surface area contributed by atoms with Crippen LogP contribution in [0.1, 0.15) is 27.2 Å². The number of fused-ring (bicyclic) bond motifs is 1. The predicted octanol–water partition coefficient (Wildman–Crippen LogP) is 1.97. The molecule has 0 bridgehead atoms. The lowest BCUT2D eigenvalue weighted by Crippen LogP contribution is -2.39. The average molecular weight is 349 g/mol. The van der Waals surface area contributed by atoms with Gasteiger partial charge in [-0.05, 0) is 29.8 Å². The SMILES string of the molecule is CC(C)(C)[C@@H](O)CNC(=O)CCn1c(=S)[nH]c2ccccc2c1=O. The lowest BCUT2D eigenvalue weighted by atomic mass is 9.89. The molecule has 0 fully saturated rings. The molecule has 0 aliphatic carbocycles. The topological polar surface area (TPSA) is 87.1 Å². The Morgan fingerprint density at radius 3 is 2.71 bits per heavy atom. The van der Waals surface area contributed by atoms with Crippen molar-refractivity contribution in [1.82, 2.24) is 14.9 Å². The number of aromatic nitrogens is 2. The Hall–Kier alpha value is -1.99. The number of hydrogen-bond acceptors (Lipinski definition) is 4. The molecule has 1 atom stereocenters. The van der Waals surface area contributed by atoms with Gasteiger partial charge in [-0.2, -0.15) is 0 Å². The van der Waals surface area contributed by atoms with Gasteiger partial charge in [0.15, 0.2) is 4.77 Å². The fraction of sp³-hybridized carbons (Fsp3) is 0.471. The molecule has 0 saturated heterocycles. The van der Waals surface area contributed by atoms with E-state index in [1.165, 1.54) is 4.57 Å². The Balaban J connectivity index is 2.05. The Bertz CT molecular complexity index is 849. The number of aliphatic hydroxyl groups is 1. The number of aromatic amines is 1. The van der Waals surface area contributed by atoms with E-state index in [1.807, 2.05) is 26.8 Å². The third kappa shape index (κ3) is 4.30. The highest BCUT2D eigenvalue weighted by molar-refractivity contribution is 7.71. The molecular weight excluding hydrogens is 326 g/mol. The molecule has 0 saturated carbocycles. The maximum atomic E-state index is 12.5. The first kappa shape index (κ1) is 18.4. The van der Waals surface area contributed by atoms with Gasteiger partial charge in [0, 0.05) is 19.5 Å². The molecule has 0 radical (unpaired) electrons. The van der Waals surface area contributed by atoms with E-state index >= 15 is 0 Å². The van der Waals surface area contributed by atoms with E-state index in [4.69, 9.17) is 12.2 Å². The highest BCUT2D eigenvalue weighted by Gasteiger charge is 2.22. The van der Waals surface area contributed by atoms with Gasteiger partial charge in [0.05, 0.1) is 17.0 Å². The van der Waals surface area contributed by atoms with Crippen LogP contribution in [-0.2, 0) is 11.3 Å². The van der Waals surface area contributed by atoms with Crippen molar-refractivity contribution in [1.29, 1.82) is 0 Å². The molecule has 3 N–H and O–H groups in total. The number of carbonyl (C=O) groups excluding carboxylic acids is 1. The first-order chi connectivity index (χ1) is 11.2. The minimum atomic E-state index is -0.632. The standard InChI is InChI=1S/C17H23N3O3S/c1-17(2,3)13(21)10-18-14(22)8-9-20-15(23)11-6-4-5-7-12(11)19-16(20)24/h4-7,13,21H,8-10H2,1-3H3,(H,18,22)(H,19,24)/t13-/m0/s1. The van der Waals surface area contributed by atoms with E-state index in [1.54, 1.807) is 18.2 Å². The van der Waals surface area contributed by atoms with Gasteiger partial charge in [-0.1, -0.05) is 32.9 Å². The fourth-order valence-electron chi connectivity index (χ4n) is 2.22. The highest BCUT2D eigenvalue weighted by Crippen LogP contribution is 2.18. The molecule has 24 heavy (non-hydrogen) atoms. The third-order valence-corrected chi connectivity index (χ3v) is 4.27. The highest BCUT2D eigenvalue weighted by atomic mass is 32.1. The van der Waals surface area contributed by atoms with E-state index in [9.17, 15) is 14.7 Å². The van der Waals surface area contributed by atoms with Crippen LogP contribution in [0.3, 0.4) is 0 Å². The minimum Gasteiger partial charge on any atom is -0.391 e. The maximum absolute atomic E-state index is 12.5. The van der Waals surface area contributed by atoms with Crippen molar-refractivity contribution < 1.29 is 9.90 Å². The smallest absolute Gasteiger partial charge is 0.262 e. The third-order valence-electron chi connectivity index (χ3n) is 3.94. The Labute approximate surface area is 145 Å². The number of para-hydroxylation sites is 1. The Kier molecular flexibility index (Phi) is 5.56. The molecular formula is C17H23N3O3S. The summed E-state index contributed by atoms with van der Waals surface area (Å²) in [5.74, 6) is -0.229. The van der Waals surface area contributed by atoms with E-state index in [2.05, 4.69) is 10.3 Å². The van der Waals surface area contributed by atoms with Crippen molar-refractivity contribution in [2.24, 2.45) is 5.41 Å². The minimum absolute atomic E-state index is 0.118. The molecule has 0 spiro atoms. The van der Waals surface area contributed by atoms with Crippen LogP contribution in [0.4, 0.5) is 0 Å². The van der Waals surface area contributed by atoms with Crippen molar-refractivity contribution in [3.63, 3.8) is 0 Å². The molecule has 2 aromatic rings. The molecule has 0 unspecified atom stereocenters. The van der Waals surface area contributed by atoms with Crippen LogP contribution in [0.15, 0.2) is 29.1 Å². The molecule has 6 nitrogen and oxygen atoms in total. The van der Waals surface area contributed by atoms with Crippen molar-refractivity contribution >= 4 is 29.0 Å². The van der Waals surface area contributed by atoms with E-state index in [-0.39, 0.29) is 36.4 Å². The van der Waals surface area contributed by atoms with Gasteiger partial charge in [-0.25, -0.2) is 0 Å². The molecule has 7 heteroatoms. The summed E-state index contributed by atoms with van der Waals surface area (Å²) in [4.78, 5) is 27.4. The van der Waals surface area contributed by atoms with Crippen LogP contribution in [0.2, 0.25) is 0 Å². The second-order valence-electron chi connectivity index (χ2n) is 6.87. The van der Waals surface area contributed by atoms with Gasteiger partial charge < -0.3 is 15.4 Å². The van der Waals surface area contributed by atoms with Crippen molar-refractivity contribution in [3.05, 3.63) is 39.4 Å². The number of rotatable bonds is 5. The average Bonchev–Trinajstić information content (AvgIpc) is 2.51. The summed E-state index contributed by atoms with van der Waals surface area (Å²) in [5, 5.41) is 13.2. The van der Waals surface area contributed by atoms with Crippen molar-refractivity contribution in [2.75, 3.05) is 6.54 Å². The van der Waals surface area contributed by atoms with Crippen LogP contribution in [-0.4, -0.2) is 33.2 Å². The molecule has 130 valence electrons. The number of nitrogens with one attached hydrogen (secondary N) is 2. The van der Waals surface area contributed by atoms with Crippen molar-refractivity contribution in [2.45, 2.75) is 39.8 Å². The lowest BCUT2D eigenvalue weighted by Gasteiger charge is -2.25. The summed E-state index contributed by atoms with van der Waals surface area (Å²) >= 11 is 5.21. The second kappa shape index (κ2) is 7.27. The van der Waals surface area contributed by atoms with Crippen molar-refractivity contribution in [3.8, 4) is 0 Å². The summed E-state index contributed by atoms with van der Waals surface area (Å²) in [6, 6.07) is 7.12. The zero-order chi connectivity index (χ0) is 17.9. The first-order valence-electron chi connectivity index (χ1n) is 7.87. The van der Waals surface area contributed by atoms with Gasteiger partial charge in [-0.15, -0.1) is 0 Å². The van der Waals surface area contributed by atoms with Crippen LogP contribution in [0.5, 0.6) is 0 Å². The van der Waals surface area contributed by atoms with Gasteiger partial charge in [-0.3, -0.25) is 14.2 Å². The molecule has 1 aromatic heterocycles. The second-order valence-corrected chi connectivity index (χ2v) is 7.26. The largest absolute Gasteiger partial charge is 0.391 e. The quantitative estimate of drug-likeness (QED) is 0.720. The zero-order valence-corrected chi connectivity index (χ0v) is 14.9. The first-order valence-corrected chi connectivity index (χ1v) is 8.27. The summed E-state index contributed by atoms with van der Waals surface area (Å²) in [6.07, 6.45) is -0.514. The Morgan fingerprint density at radius 2 is 2.04 bits per heavy atom. The molecule has 1 amide bonds. The monoisotopic (exact) mass is 349 g/mol. The fourth-order valence-corrected chi connectivity index (χ4v) is 2.50. The number of hydrogen-bond donors (Lipinski definition) is 3. The molecule has 0 aliphatic rings. The van der Waals surface area contributed by atoms with E-state index in [0.29, 0.717) is 15.7 Å². The molecule has 1 aromatic carbocycles. The van der Waals surface area contributed by atoms with Gasteiger partial charge in [0.1, 0.15) is 0 Å². The number of nitrogens with zero attached hydrogens (tertiary/aromatic N) is 1. The summed E-state index contributed by atoms with van der Waals surface area (Å²) in [6.45, 7) is 6.07. The number of benzene rings is 1. The normalized spacial score (nSPS) is 13.0. The number of aliphatic hydroxyl groups excluding tert-OH is 1. The van der Waals surface area contributed by atoms with Gasteiger partial charge in [0.25, 0.3) is 5.56 Å². The van der Waals surface area contributed by atoms with Gasteiger partial charge >= 0.3 is 0 Å². The summed E-state index contributed by atoms with van der Waals surface area (Å²) in [7, 11) is 0. The lowest BCUT2D eigenvalue weighted by molar-refractivity contribution is -0.122.